The van der Waals surface area contributed by atoms with Crippen LogP contribution in [0.2, 0.25) is 0 Å². The summed E-state index contributed by atoms with van der Waals surface area (Å²) in [5.74, 6) is -1.16. The van der Waals surface area contributed by atoms with Crippen molar-refractivity contribution < 1.29 is 23.2 Å². The second-order valence-corrected chi connectivity index (χ2v) is 5.92. The highest BCUT2D eigenvalue weighted by Gasteiger charge is 2.15. The molecule has 0 bridgehead atoms. The molecule has 0 saturated heterocycles. The van der Waals surface area contributed by atoms with Gasteiger partial charge < -0.3 is 5.11 Å². The van der Waals surface area contributed by atoms with Crippen LogP contribution in [-0.4, -0.2) is 24.4 Å². The molecule has 0 amide bonds. The number of hydrogen-bond donors (Lipinski definition) is 2. The lowest BCUT2D eigenvalue weighted by molar-refractivity contribution is -0.384. The SMILES string of the molecule is O=C(O)c1ccc(S(=O)(=O)Nc2ccc([N+](=O)[O-])cc2)cc1. The van der Waals surface area contributed by atoms with Gasteiger partial charge in [0.15, 0.2) is 0 Å². The van der Waals surface area contributed by atoms with E-state index in [-0.39, 0.29) is 21.8 Å². The van der Waals surface area contributed by atoms with Gasteiger partial charge in [-0.1, -0.05) is 0 Å². The molecule has 2 aromatic carbocycles. The molecule has 0 saturated carbocycles. The van der Waals surface area contributed by atoms with Gasteiger partial charge in [-0.15, -0.1) is 0 Å². The second-order valence-electron chi connectivity index (χ2n) is 4.24. The molecule has 0 atom stereocenters. The van der Waals surface area contributed by atoms with E-state index in [9.17, 15) is 23.3 Å². The number of nitrogens with zero attached hydrogens (tertiary/aromatic N) is 1. The van der Waals surface area contributed by atoms with E-state index in [0.29, 0.717) is 0 Å². The van der Waals surface area contributed by atoms with Crippen LogP contribution >= 0.6 is 0 Å². The summed E-state index contributed by atoms with van der Waals surface area (Å²) in [7, 11) is -3.90. The Kier molecular flexibility index (Phi) is 4.08. The summed E-state index contributed by atoms with van der Waals surface area (Å²) in [5.41, 5.74) is -0.0315. The minimum absolute atomic E-state index is 0.0331. The van der Waals surface area contributed by atoms with Gasteiger partial charge in [0.05, 0.1) is 15.4 Å². The summed E-state index contributed by atoms with van der Waals surface area (Å²) in [6.07, 6.45) is 0. The van der Waals surface area contributed by atoms with E-state index < -0.39 is 20.9 Å². The molecule has 0 heterocycles. The summed E-state index contributed by atoms with van der Waals surface area (Å²) in [5, 5.41) is 19.3. The minimum Gasteiger partial charge on any atom is -0.478 e. The van der Waals surface area contributed by atoms with E-state index in [1.54, 1.807) is 0 Å². The Morgan fingerprint density at radius 3 is 2.05 bits per heavy atom. The number of non-ortho nitro benzene ring substituents is 1. The van der Waals surface area contributed by atoms with E-state index in [1.165, 1.54) is 36.4 Å². The monoisotopic (exact) mass is 322 g/mol. The largest absolute Gasteiger partial charge is 0.478 e. The zero-order chi connectivity index (χ0) is 16.3. The molecule has 0 radical (unpaired) electrons. The zero-order valence-electron chi connectivity index (χ0n) is 11.0. The van der Waals surface area contributed by atoms with E-state index in [1.807, 2.05) is 0 Å². The maximum Gasteiger partial charge on any atom is 0.335 e. The van der Waals surface area contributed by atoms with Crippen LogP contribution < -0.4 is 4.72 Å². The van der Waals surface area contributed by atoms with Gasteiger partial charge in [0.25, 0.3) is 15.7 Å². The fraction of sp³-hybridized carbons (Fsp3) is 0. The molecule has 9 heteroatoms. The summed E-state index contributed by atoms with van der Waals surface area (Å²) >= 11 is 0. The highest BCUT2D eigenvalue weighted by molar-refractivity contribution is 7.92. The smallest absolute Gasteiger partial charge is 0.335 e. The van der Waals surface area contributed by atoms with E-state index in [2.05, 4.69) is 4.72 Å². The highest BCUT2D eigenvalue weighted by atomic mass is 32.2. The lowest BCUT2D eigenvalue weighted by atomic mass is 10.2. The quantitative estimate of drug-likeness (QED) is 0.641. The van der Waals surface area contributed by atoms with Crippen molar-refractivity contribution in [3.8, 4) is 0 Å². The molecule has 0 aliphatic heterocycles. The van der Waals surface area contributed by atoms with Crippen LogP contribution in [0.4, 0.5) is 11.4 Å². The number of nitro benzene ring substituents is 1. The number of hydrogen-bond acceptors (Lipinski definition) is 5. The van der Waals surface area contributed by atoms with Crippen LogP contribution in [0.25, 0.3) is 0 Å². The third kappa shape index (κ3) is 3.38. The first-order valence-corrected chi connectivity index (χ1v) is 7.38. The summed E-state index contributed by atoms with van der Waals surface area (Å²) in [6, 6.07) is 9.55. The lowest BCUT2D eigenvalue weighted by Gasteiger charge is -2.08. The minimum atomic E-state index is -3.90. The normalized spacial score (nSPS) is 10.9. The maximum absolute atomic E-state index is 12.1. The molecule has 2 aromatic rings. The fourth-order valence-electron chi connectivity index (χ4n) is 1.64. The van der Waals surface area contributed by atoms with Crippen molar-refractivity contribution in [2.75, 3.05) is 4.72 Å². The van der Waals surface area contributed by atoms with Crippen molar-refractivity contribution in [1.82, 2.24) is 0 Å². The average molecular weight is 322 g/mol. The average Bonchev–Trinajstić information content (AvgIpc) is 2.47. The fourth-order valence-corrected chi connectivity index (χ4v) is 2.70. The Hall–Kier alpha value is -2.94. The van der Waals surface area contributed by atoms with Gasteiger partial charge in [-0.25, -0.2) is 13.2 Å². The van der Waals surface area contributed by atoms with Crippen LogP contribution in [0.15, 0.2) is 53.4 Å². The number of aromatic carboxylic acids is 1. The van der Waals surface area contributed by atoms with Gasteiger partial charge in [-0.2, -0.15) is 0 Å². The van der Waals surface area contributed by atoms with Crippen molar-refractivity contribution in [1.29, 1.82) is 0 Å². The highest BCUT2D eigenvalue weighted by Crippen LogP contribution is 2.19. The Labute approximate surface area is 125 Å². The van der Waals surface area contributed by atoms with Crippen molar-refractivity contribution in [2.24, 2.45) is 0 Å². The third-order valence-corrected chi connectivity index (χ3v) is 4.14. The lowest BCUT2D eigenvalue weighted by Crippen LogP contribution is -2.13. The molecule has 114 valence electrons. The molecule has 0 aliphatic rings. The number of nitrogens with one attached hydrogen (secondary N) is 1. The number of carboxylic acid groups (broad SMARTS) is 1. The molecular weight excluding hydrogens is 312 g/mol. The maximum atomic E-state index is 12.1. The molecule has 8 nitrogen and oxygen atoms in total. The number of anilines is 1. The first-order valence-electron chi connectivity index (χ1n) is 5.90. The van der Waals surface area contributed by atoms with Crippen LogP contribution in [0, 0.1) is 10.1 Å². The summed E-state index contributed by atoms with van der Waals surface area (Å²) in [6.45, 7) is 0. The van der Waals surface area contributed by atoms with E-state index >= 15 is 0 Å². The molecule has 0 aromatic heterocycles. The van der Waals surface area contributed by atoms with Crippen molar-refractivity contribution >= 4 is 27.4 Å². The van der Waals surface area contributed by atoms with Gasteiger partial charge in [0.2, 0.25) is 0 Å². The van der Waals surface area contributed by atoms with Gasteiger partial charge in [-0.3, -0.25) is 14.8 Å². The summed E-state index contributed by atoms with van der Waals surface area (Å²) < 4.78 is 26.5. The molecule has 0 spiro atoms. The molecule has 0 aliphatic carbocycles. The van der Waals surface area contributed by atoms with E-state index in [4.69, 9.17) is 5.11 Å². The number of sulfonamides is 1. The molecule has 22 heavy (non-hydrogen) atoms. The van der Waals surface area contributed by atoms with Gasteiger partial charge in [-0.05, 0) is 36.4 Å². The Morgan fingerprint density at radius 1 is 1.05 bits per heavy atom. The van der Waals surface area contributed by atoms with Crippen molar-refractivity contribution in [2.45, 2.75) is 4.90 Å². The number of nitro groups is 1. The van der Waals surface area contributed by atoms with E-state index in [0.717, 1.165) is 12.1 Å². The number of carbonyl (C=O) groups is 1. The Balaban J connectivity index is 2.23. The van der Waals surface area contributed by atoms with Crippen molar-refractivity contribution in [3.05, 3.63) is 64.2 Å². The van der Waals surface area contributed by atoms with Gasteiger partial charge >= 0.3 is 5.97 Å². The second kappa shape index (κ2) is 5.82. The molecular formula is C13H10N2O6S. The Morgan fingerprint density at radius 2 is 1.59 bits per heavy atom. The van der Waals surface area contributed by atoms with Crippen LogP contribution in [0.3, 0.4) is 0 Å². The first kappa shape index (κ1) is 15.4. The standard InChI is InChI=1S/C13H10N2O6S/c16-13(17)9-1-7-12(8-2-9)22(20,21)14-10-3-5-11(6-4-10)15(18)19/h1-8,14H,(H,16,17). The Bertz CT molecular complexity index is 813. The molecule has 2 N–H and O–H groups in total. The topological polar surface area (TPSA) is 127 Å². The summed E-state index contributed by atoms with van der Waals surface area (Å²) in [4.78, 5) is 20.5. The van der Waals surface area contributed by atoms with Crippen LogP contribution in [0.5, 0.6) is 0 Å². The number of benzene rings is 2. The molecule has 0 fully saturated rings. The molecule has 2 rings (SSSR count). The van der Waals surface area contributed by atoms with Gasteiger partial charge in [0, 0.05) is 17.8 Å². The predicted octanol–water partition coefficient (Wildman–Crippen LogP) is 2.09. The zero-order valence-corrected chi connectivity index (χ0v) is 11.8. The molecule has 0 unspecified atom stereocenters. The van der Waals surface area contributed by atoms with Crippen LogP contribution in [0.1, 0.15) is 10.4 Å². The van der Waals surface area contributed by atoms with Crippen molar-refractivity contribution in [3.63, 3.8) is 0 Å². The van der Waals surface area contributed by atoms with Gasteiger partial charge in [0.1, 0.15) is 0 Å². The first-order chi connectivity index (χ1) is 10.3. The predicted molar refractivity (Wildman–Crippen MR) is 77.3 cm³/mol. The number of rotatable bonds is 5. The third-order valence-electron chi connectivity index (χ3n) is 2.74. The number of carboxylic acids is 1. The van der Waals surface area contributed by atoms with Crippen LogP contribution in [-0.2, 0) is 10.0 Å².